The van der Waals surface area contributed by atoms with E-state index in [0.29, 0.717) is 15.0 Å². The van der Waals surface area contributed by atoms with Gasteiger partial charge in [0.15, 0.2) is 0 Å². The molecule has 0 bridgehead atoms. The minimum atomic E-state index is -3.48. The van der Waals surface area contributed by atoms with Gasteiger partial charge in [-0.05, 0) is 29.6 Å². The van der Waals surface area contributed by atoms with Gasteiger partial charge in [0, 0.05) is 24.2 Å². The van der Waals surface area contributed by atoms with E-state index in [2.05, 4.69) is 0 Å². The Kier molecular flexibility index (Phi) is 4.70. The Hall–Kier alpha value is -1.08. The van der Waals surface area contributed by atoms with E-state index in [1.165, 1.54) is 22.7 Å². The number of ether oxygens (including phenoxy) is 1. The largest absolute Gasteiger partial charge is 0.496 e. The van der Waals surface area contributed by atoms with E-state index in [4.69, 9.17) is 16.3 Å². The third-order valence-corrected chi connectivity index (χ3v) is 6.21. The van der Waals surface area contributed by atoms with Crippen LogP contribution in [0.3, 0.4) is 0 Å². The van der Waals surface area contributed by atoms with E-state index in [0.717, 1.165) is 5.56 Å². The minimum absolute atomic E-state index is 0.198. The van der Waals surface area contributed by atoms with Gasteiger partial charge in [-0.3, -0.25) is 0 Å². The first-order chi connectivity index (χ1) is 9.45. The lowest BCUT2D eigenvalue weighted by Gasteiger charge is -2.18. The summed E-state index contributed by atoms with van der Waals surface area (Å²) >= 11 is 7.14. The second-order valence-electron chi connectivity index (χ2n) is 4.15. The van der Waals surface area contributed by atoms with Crippen molar-refractivity contribution in [2.24, 2.45) is 0 Å². The van der Waals surface area contributed by atoms with Crippen LogP contribution in [-0.4, -0.2) is 26.9 Å². The van der Waals surface area contributed by atoms with Crippen LogP contribution in [-0.2, 0) is 16.6 Å². The maximum Gasteiger partial charge on any atom is 0.252 e. The zero-order chi connectivity index (χ0) is 14.8. The van der Waals surface area contributed by atoms with Crippen LogP contribution in [0, 0.1) is 0 Å². The Bertz CT molecular complexity index is 684. The molecule has 0 atom stereocenters. The number of rotatable bonds is 5. The molecule has 0 N–H and O–H groups in total. The van der Waals surface area contributed by atoms with Gasteiger partial charge in [0.2, 0.25) is 0 Å². The van der Waals surface area contributed by atoms with Crippen molar-refractivity contribution in [3.8, 4) is 5.75 Å². The number of sulfonamides is 1. The molecule has 4 nitrogen and oxygen atoms in total. The molecule has 0 radical (unpaired) electrons. The quantitative estimate of drug-likeness (QED) is 0.845. The standard InChI is InChI=1S/C13H14ClNO3S2/c1-15(20(16,17)13-4-3-7-19-13)9-10-8-11(14)5-6-12(10)18-2/h3-8H,9H2,1-2H3. The second kappa shape index (κ2) is 6.13. The van der Waals surface area contributed by atoms with Gasteiger partial charge in [-0.25, -0.2) is 8.42 Å². The fraction of sp³-hybridized carbons (Fsp3) is 0.231. The molecule has 0 unspecified atom stereocenters. The molecule has 1 aromatic heterocycles. The molecule has 2 rings (SSSR count). The van der Waals surface area contributed by atoms with Crippen molar-refractivity contribution in [1.29, 1.82) is 0 Å². The third-order valence-electron chi connectivity index (χ3n) is 2.80. The molecule has 0 aliphatic carbocycles. The lowest BCUT2D eigenvalue weighted by molar-refractivity contribution is 0.398. The van der Waals surface area contributed by atoms with E-state index in [-0.39, 0.29) is 6.54 Å². The average molecular weight is 332 g/mol. The lowest BCUT2D eigenvalue weighted by Crippen LogP contribution is -2.26. The summed E-state index contributed by atoms with van der Waals surface area (Å²) in [5.41, 5.74) is 0.725. The maximum atomic E-state index is 12.3. The molecule has 0 spiro atoms. The Labute approximate surface area is 127 Å². The highest BCUT2D eigenvalue weighted by Gasteiger charge is 2.22. The smallest absolute Gasteiger partial charge is 0.252 e. The number of benzene rings is 1. The summed E-state index contributed by atoms with van der Waals surface area (Å²) in [5, 5.41) is 2.28. The highest BCUT2D eigenvalue weighted by Crippen LogP contribution is 2.27. The summed E-state index contributed by atoms with van der Waals surface area (Å²) in [7, 11) is -0.399. The molecule has 1 heterocycles. The first-order valence-corrected chi connectivity index (χ1v) is 8.47. The van der Waals surface area contributed by atoms with Crippen LogP contribution in [0.2, 0.25) is 5.02 Å². The van der Waals surface area contributed by atoms with E-state index in [1.807, 2.05) is 0 Å². The number of nitrogens with zero attached hydrogens (tertiary/aromatic N) is 1. The maximum absolute atomic E-state index is 12.3. The summed E-state index contributed by atoms with van der Waals surface area (Å²) in [6.07, 6.45) is 0. The van der Waals surface area contributed by atoms with Crippen molar-refractivity contribution < 1.29 is 13.2 Å². The molecule has 7 heteroatoms. The van der Waals surface area contributed by atoms with E-state index < -0.39 is 10.0 Å². The normalized spacial score (nSPS) is 11.8. The van der Waals surface area contributed by atoms with Gasteiger partial charge in [-0.1, -0.05) is 17.7 Å². The van der Waals surface area contributed by atoms with Crippen molar-refractivity contribution >= 4 is 33.0 Å². The number of methoxy groups -OCH3 is 1. The van der Waals surface area contributed by atoms with Gasteiger partial charge in [0.05, 0.1) is 7.11 Å². The second-order valence-corrected chi connectivity index (χ2v) is 7.81. The van der Waals surface area contributed by atoms with Crippen LogP contribution in [0.15, 0.2) is 39.9 Å². The molecule has 2 aromatic rings. The molecule has 1 aromatic carbocycles. The van der Waals surface area contributed by atoms with Gasteiger partial charge in [0.1, 0.15) is 9.96 Å². The summed E-state index contributed by atoms with van der Waals surface area (Å²) in [4.78, 5) is 0. The van der Waals surface area contributed by atoms with Crippen LogP contribution in [0.25, 0.3) is 0 Å². The zero-order valence-electron chi connectivity index (χ0n) is 11.0. The molecule has 0 fully saturated rings. The number of halogens is 1. The first-order valence-electron chi connectivity index (χ1n) is 5.77. The molecular formula is C13H14ClNO3S2. The average Bonchev–Trinajstić information content (AvgIpc) is 2.93. The fourth-order valence-electron chi connectivity index (χ4n) is 1.76. The molecule has 0 amide bonds. The van der Waals surface area contributed by atoms with Crippen molar-refractivity contribution in [3.05, 3.63) is 46.3 Å². The molecular weight excluding hydrogens is 318 g/mol. The molecule has 108 valence electrons. The molecule has 0 saturated heterocycles. The zero-order valence-corrected chi connectivity index (χ0v) is 13.4. The van der Waals surface area contributed by atoms with Crippen LogP contribution in [0.4, 0.5) is 0 Å². The van der Waals surface area contributed by atoms with E-state index in [9.17, 15) is 8.42 Å². The molecule has 0 saturated carbocycles. The summed E-state index contributed by atoms with van der Waals surface area (Å²) < 4.78 is 31.5. The van der Waals surface area contributed by atoms with Crippen molar-refractivity contribution in [2.75, 3.05) is 14.2 Å². The first kappa shape index (κ1) is 15.3. The highest BCUT2D eigenvalue weighted by atomic mass is 35.5. The van der Waals surface area contributed by atoms with Gasteiger partial charge in [0.25, 0.3) is 10.0 Å². The minimum Gasteiger partial charge on any atom is -0.496 e. The van der Waals surface area contributed by atoms with Crippen LogP contribution in [0.1, 0.15) is 5.56 Å². The third kappa shape index (κ3) is 3.15. The summed E-state index contributed by atoms with van der Waals surface area (Å²) in [5.74, 6) is 0.614. The highest BCUT2D eigenvalue weighted by molar-refractivity contribution is 7.91. The van der Waals surface area contributed by atoms with Gasteiger partial charge < -0.3 is 4.74 Å². The predicted octanol–water partition coefficient (Wildman–Crippen LogP) is 3.23. The Balaban J connectivity index is 2.28. The van der Waals surface area contributed by atoms with Crippen molar-refractivity contribution in [1.82, 2.24) is 4.31 Å². The number of thiophene rings is 1. The topological polar surface area (TPSA) is 46.6 Å². The van der Waals surface area contributed by atoms with Crippen molar-refractivity contribution in [2.45, 2.75) is 10.8 Å². The Morgan fingerprint density at radius 1 is 1.35 bits per heavy atom. The summed E-state index contributed by atoms with van der Waals surface area (Å²) in [6, 6.07) is 8.44. The summed E-state index contributed by atoms with van der Waals surface area (Å²) in [6.45, 7) is 0.198. The van der Waals surface area contributed by atoms with Gasteiger partial charge in [-0.15, -0.1) is 11.3 Å². The molecule has 20 heavy (non-hydrogen) atoms. The van der Waals surface area contributed by atoms with Crippen LogP contribution in [0.5, 0.6) is 5.75 Å². The van der Waals surface area contributed by atoms with Gasteiger partial charge in [-0.2, -0.15) is 4.31 Å². The molecule has 0 aliphatic rings. The van der Waals surface area contributed by atoms with E-state index >= 15 is 0 Å². The Morgan fingerprint density at radius 3 is 2.70 bits per heavy atom. The number of hydrogen-bond acceptors (Lipinski definition) is 4. The van der Waals surface area contributed by atoms with Gasteiger partial charge >= 0.3 is 0 Å². The number of hydrogen-bond donors (Lipinski definition) is 0. The monoisotopic (exact) mass is 331 g/mol. The van der Waals surface area contributed by atoms with Crippen molar-refractivity contribution in [3.63, 3.8) is 0 Å². The SMILES string of the molecule is COc1ccc(Cl)cc1CN(C)S(=O)(=O)c1cccs1. The predicted molar refractivity (Wildman–Crippen MR) is 81.0 cm³/mol. The molecule has 0 aliphatic heterocycles. The lowest BCUT2D eigenvalue weighted by atomic mass is 10.2. The van der Waals surface area contributed by atoms with E-state index in [1.54, 1.807) is 42.8 Å². The fourth-order valence-corrected chi connectivity index (χ4v) is 4.30. The van der Waals surface area contributed by atoms with Crippen LogP contribution >= 0.6 is 22.9 Å². The van der Waals surface area contributed by atoms with Crippen LogP contribution < -0.4 is 4.74 Å². The Morgan fingerprint density at radius 2 is 2.10 bits per heavy atom.